The van der Waals surface area contributed by atoms with Gasteiger partial charge in [0.05, 0.1) is 17.3 Å². The van der Waals surface area contributed by atoms with Crippen molar-refractivity contribution in [3.05, 3.63) is 17.4 Å². The molecule has 0 aliphatic carbocycles. The van der Waals surface area contributed by atoms with Crippen molar-refractivity contribution in [2.24, 2.45) is 0 Å². The van der Waals surface area contributed by atoms with Crippen LogP contribution >= 0.6 is 11.6 Å². The highest BCUT2D eigenvalue weighted by Crippen LogP contribution is 2.05. The van der Waals surface area contributed by atoms with Crippen molar-refractivity contribution in [1.82, 2.24) is 9.78 Å². The van der Waals surface area contributed by atoms with Crippen molar-refractivity contribution in [3.63, 3.8) is 0 Å². The van der Waals surface area contributed by atoms with Crippen LogP contribution in [-0.4, -0.2) is 9.78 Å². The number of hydrogen-bond donors (Lipinski definition) is 0. The van der Waals surface area contributed by atoms with Gasteiger partial charge in [0.1, 0.15) is 0 Å². The second-order valence-corrected chi connectivity index (χ2v) is 2.97. The molecule has 0 N–H and O–H groups in total. The maximum atomic E-state index is 8.27. The fraction of sp³-hybridized carbons (Fsp3) is 0.500. The first kappa shape index (κ1) is 9.08. The zero-order valence-corrected chi connectivity index (χ0v) is 7.46. The molecule has 0 amide bonds. The molecule has 1 rings (SSSR count). The Bertz CT molecular complexity index is 274. The zero-order chi connectivity index (χ0) is 8.81. The number of nitriles is 1. The van der Waals surface area contributed by atoms with Gasteiger partial charge in [0.25, 0.3) is 0 Å². The average molecular weight is 184 g/mol. The van der Waals surface area contributed by atoms with Crippen molar-refractivity contribution < 1.29 is 0 Å². The Morgan fingerprint density at radius 1 is 1.58 bits per heavy atom. The number of halogens is 1. The summed E-state index contributed by atoms with van der Waals surface area (Å²) in [5.41, 5.74) is 0. The molecular weight excluding hydrogens is 174 g/mol. The summed E-state index contributed by atoms with van der Waals surface area (Å²) >= 11 is 5.66. The predicted molar refractivity (Wildman–Crippen MR) is 46.7 cm³/mol. The number of nitrogens with zero attached hydrogens (tertiary/aromatic N) is 3. The highest BCUT2D eigenvalue weighted by Gasteiger charge is 1.94. The molecule has 4 heteroatoms. The van der Waals surface area contributed by atoms with Crippen molar-refractivity contribution in [2.45, 2.75) is 25.8 Å². The Balaban J connectivity index is 2.21. The van der Waals surface area contributed by atoms with Crippen LogP contribution < -0.4 is 0 Å². The van der Waals surface area contributed by atoms with Crippen LogP contribution in [0.4, 0.5) is 0 Å². The topological polar surface area (TPSA) is 41.6 Å². The standard InChI is InChI=1S/C8H10ClN3/c9-8-6-11-12(7-8)5-3-1-2-4-10/h6-7H,1-3,5H2. The maximum absolute atomic E-state index is 8.27. The highest BCUT2D eigenvalue weighted by molar-refractivity contribution is 6.30. The second kappa shape index (κ2) is 4.78. The van der Waals surface area contributed by atoms with Crippen molar-refractivity contribution >= 4 is 11.6 Å². The van der Waals surface area contributed by atoms with Crippen LogP contribution in [-0.2, 0) is 6.54 Å². The third-order valence-corrected chi connectivity index (χ3v) is 1.72. The molecule has 0 spiro atoms. The Morgan fingerprint density at radius 3 is 3.00 bits per heavy atom. The van der Waals surface area contributed by atoms with Gasteiger partial charge in [-0.3, -0.25) is 4.68 Å². The smallest absolute Gasteiger partial charge is 0.0785 e. The summed E-state index contributed by atoms with van der Waals surface area (Å²) in [7, 11) is 0. The van der Waals surface area contributed by atoms with E-state index in [-0.39, 0.29) is 0 Å². The molecule has 0 aliphatic heterocycles. The molecule has 1 heterocycles. The van der Waals surface area contributed by atoms with Crippen LogP contribution in [0, 0.1) is 11.3 Å². The van der Waals surface area contributed by atoms with E-state index >= 15 is 0 Å². The van der Waals surface area contributed by atoms with E-state index in [2.05, 4.69) is 11.2 Å². The number of hydrogen-bond acceptors (Lipinski definition) is 2. The lowest BCUT2D eigenvalue weighted by Crippen LogP contribution is -1.97. The van der Waals surface area contributed by atoms with Crippen LogP contribution in [0.1, 0.15) is 19.3 Å². The van der Waals surface area contributed by atoms with Gasteiger partial charge >= 0.3 is 0 Å². The molecule has 64 valence electrons. The lowest BCUT2D eigenvalue weighted by Gasteiger charge is -1.97. The molecule has 0 unspecified atom stereocenters. The minimum absolute atomic E-state index is 0.620. The molecule has 0 radical (unpaired) electrons. The Morgan fingerprint density at radius 2 is 2.42 bits per heavy atom. The Kier molecular flexibility index (Phi) is 3.62. The quantitative estimate of drug-likeness (QED) is 0.672. The second-order valence-electron chi connectivity index (χ2n) is 2.54. The monoisotopic (exact) mass is 183 g/mol. The molecule has 0 bridgehead atoms. The molecule has 0 saturated carbocycles. The van der Waals surface area contributed by atoms with Crippen molar-refractivity contribution in [1.29, 1.82) is 5.26 Å². The Labute approximate surface area is 76.6 Å². The average Bonchev–Trinajstić information content (AvgIpc) is 2.45. The molecule has 0 saturated heterocycles. The van der Waals surface area contributed by atoms with E-state index in [9.17, 15) is 0 Å². The normalized spacial score (nSPS) is 9.67. The number of rotatable bonds is 4. The first-order chi connectivity index (χ1) is 5.83. The predicted octanol–water partition coefficient (Wildman–Crippen LogP) is 2.23. The van der Waals surface area contributed by atoms with Gasteiger partial charge in [-0.05, 0) is 12.8 Å². The summed E-state index contributed by atoms with van der Waals surface area (Å²) in [4.78, 5) is 0. The number of aromatic nitrogens is 2. The van der Waals surface area contributed by atoms with Crippen LogP contribution in [0.15, 0.2) is 12.4 Å². The maximum Gasteiger partial charge on any atom is 0.0785 e. The zero-order valence-electron chi connectivity index (χ0n) is 6.70. The van der Waals surface area contributed by atoms with Crippen LogP contribution in [0.25, 0.3) is 0 Å². The first-order valence-corrected chi connectivity index (χ1v) is 4.25. The van der Waals surface area contributed by atoms with E-state index < -0.39 is 0 Å². The molecule has 0 fully saturated rings. The van der Waals surface area contributed by atoms with E-state index in [1.807, 2.05) is 0 Å². The highest BCUT2D eigenvalue weighted by atomic mass is 35.5. The molecule has 0 atom stereocenters. The van der Waals surface area contributed by atoms with E-state index in [1.165, 1.54) is 0 Å². The summed E-state index contributed by atoms with van der Waals surface area (Å²) in [5.74, 6) is 0. The Hall–Kier alpha value is -1.01. The lowest BCUT2D eigenvalue weighted by atomic mass is 10.2. The van der Waals surface area contributed by atoms with Crippen LogP contribution in [0.3, 0.4) is 0 Å². The molecule has 12 heavy (non-hydrogen) atoms. The van der Waals surface area contributed by atoms with E-state index in [1.54, 1.807) is 17.1 Å². The molecule has 3 nitrogen and oxygen atoms in total. The van der Waals surface area contributed by atoms with Gasteiger partial charge in [0.2, 0.25) is 0 Å². The van der Waals surface area contributed by atoms with Crippen LogP contribution in [0.2, 0.25) is 5.02 Å². The van der Waals surface area contributed by atoms with Gasteiger partial charge in [-0.15, -0.1) is 0 Å². The molecule has 1 aromatic heterocycles. The van der Waals surface area contributed by atoms with Gasteiger partial charge in [-0.25, -0.2) is 0 Å². The minimum Gasteiger partial charge on any atom is -0.271 e. The largest absolute Gasteiger partial charge is 0.271 e. The molecular formula is C8H10ClN3. The summed E-state index contributed by atoms with van der Waals surface area (Å²) in [5, 5.41) is 13.0. The van der Waals surface area contributed by atoms with Crippen LogP contribution in [0.5, 0.6) is 0 Å². The van der Waals surface area contributed by atoms with Crippen molar-refractivity contribution in [2.75, 3.05) is 0 Å². The van der Waals surface area contributed by atoms with Gasteiger partial charge in [0, 0.05) is 19.2 Å². The van der Waals surface area contributed by atoms with Gasteiger partial charge in [-0.2, -0.15) is 10.4 Å². The number of aryl methyl sites for hydroxylation is 1. The summed E-state index contributed by atoms with van der Waals surface area (Å²) in [6.45, 7) is 0.842. The fourth-order valence-electron chi connectivity index (χ4n) is 0.938. The van der Waals surface area contributed by atoms with Gasteiger partial charge < -0.3 is 0 Å². The fourth-order valence-corrected chi connectivity index (χ4v) is 1.09. The minimum atomic E-state index is 0.620. The molecule has 0 aliphatic rings. The summed E-state index contributed by atoms with van der Waals surface area (Å²) in [6, 6.07) is 2.10. The molecule has 1 aromatic rings. The van der Waals surface area contributed by atoms with E-state index in [0.29, 0.717) is 11.4 Å². The van der Waals surface area contributed by atoms with E-state index in [4.69, 9.17) is 16.9 Å². The van der Waals surface area contributed by atoms with E-state index in [0.717, 1.165) is 19.4 Å². The molecule has 0 aromatic carbocycles. The van der Waals surface area contributed by atoms with Gasteiger partial charge in [0.15, 0.2) is 0 Å². The lowest BCUT2D eigenvalue weighted by molar-refractivity contribution is 0.562. The third-order valence-electron chi connectivity index (χ3n) is 1.53. The third kappa shape index (κ3) is 2.93. The SMILES string of the molecule is N#CCCCCn1cc(Cl)cn1. The first-order valence-electron chi connectivity index (χ1n) is 3.88. The summed E-state index contributed by atoms with van der Waals surface area (Å²) in [6.07, 6.45) is 5.92. The number of unbranched alkanes of at least 4 members (excludes halogenated alkanes) is 2. The summed E-state index contributed by atoms with van der Waals surface area (Å²) < 4.78 is 1.79. The van der Waals surface area contributed by atoms with Gasteiger partial charge in [-0.1, -0.05) is 11.6 Å². The van der Waals surface area contributed by atoms with Crippen molar-refractivity contribution in [3.8, 4) is 6.07 Å².